The Hall–Kier alpha value is -4.16. The van der Waals surface area contributed by atoms with E-state index >= 15 is 0 Å². The van der Waals surface area contributed by atoms with Crippen molar-refractivity contribution in [1.29, 1.82) is 5.26 Å². The number of aryl methyl sites for hydroxylation is 2. The van der Waals surface area contributed by atoms with Crippen molar-refractivity contribution in [1.82, 2.24) is 0 Å². The lowest BCUT2D eigenvalue weighted by atomic mass is 10.1. The summed E-state index contributed by atoms with van der Waals surface area (Å²) in [6.45, 7) is 6.28. The zero-order valence-corrected chi connectivity index (χ0v) is 21.6. The van der Waals surface area contributed by atoms with Gasteiger partial charge in [0.15, 0.2) is 11.5 Å². The minimum atomic E-state index is -0.520. The van der Waals surface area contributed by atoms with E-state index in [-0.39, 0.29) is 17.9 Å². The van der Waals surface area contributed by atoms with Crippen molar-refractivity contribution in [3.8, 4) is 17.6 Å². The summed E-state index contributed by atoms with van der Waals surface area (Å²) >= 11 is 3.48. The van der Waals surface area contributed by atoms with Crippen molar-refractivity contribution >= 4 is 39.3 Å². The summed E-state index contributed by atoms with van der Waals surface area (Å²) < 4.78 is 12.2. The van der Waals surface area contributed by atoms with Gasteiger partial charge in [-0.05, 0) is 101 Å². The molecule has 0 saturated carbocycles. The van der Waals surface area contributed by atoms with Gasteiger partial charge in [0.2, 0.25) is 0 Å². The number of halogens is 1. The molecule has 0 aliphatic rings. The topological polar surface area (TPSA) is 114 Å². The zero-order valence-electron chi connectivity index (χ0n) is 20.0. The van der Waals surface area contributed by atoms with Crippen molar-refractivity contribution in [2.24, 2.45) is 0 Å². The van der Waals surface area contributed by atoms with Gasteiger partial charge in [-0.2, -0.15) is 5.26 Å². The van der Waals surface area contributed by atoms with Crippen LogP contribution in [0.1, 0.15) is 29.2 Å². The maximum atomic E-state index is 12.7. The van der Waals surface area contributed by atoms with Crippen LogP contribution in [0.25, 0.3) is 6.08 Å². The molecule has 0 aromatic heterocycles. The summed E-state index contributed by atoms with van der Waals surface area (Å²) in [5, 5.41) is 23.2. The molecule has 3 rings (SSSR count). The minimum absolute atomic E-state index is 0.000854. The Labute approximate surface area is 217 Å². The van der Waals surface area contributed by atoms with E-state index in [1.165, 1.54) is 18.2 Å². The smallest absolute Gasteiger partial charge is 0.269 e. The molecule has 1 N–H and O–H groups in total. The van der Waals surface area contributed by atoms with E-state index in [1.807, 2.05) is 39.0 Å². The van der Waals surface area contributed by atoms with E-state index in [2.05, 4.69) is 21.2 Å². The van der Waals surface area contributed by atoms with Crippen LogP contribution in [-0.2, 0) is 11.4 Å². The van der Waals surface area contributed by atoms with Crippen LogP contribution in [0.4, 0.5) is 11.4 Å². The molecule has 0 atom stereocenters. The van der Waals surface area contributed by atoms with E-state index < -0.39 is 10.8 Å². The van der Waals surface area contributed by atoms with Gasteiger partial charge in [0.05, 0.1) is 16.0 Å². The van der Waals surface area contributed by atoms with Crippen LogP contribution >= 0.6 is 15.9 Å². The van der Waals surface area contributed by atoms with Crippen LogP contribution in [0.5, 0.6) is 11.5 Å². The lowest BCUT2D eigenvalue weighted by Crippen LogP contribution is -2.13. The molecular weight excluding hydrogens is 526 g/mol. The van der Waals surface area contributed by atoms with Gasteiger partial charge in [-0.3, -0.25) is 14.9 Å². The van der Waals surface area contributed by atoms with E-state index in [4.69, 9.17) is 9.47 Å². The van der Waals surface area contributed by atoms with Crippen LogP contribution in [0.3, 0.4) is 0 Å². The molecule has 9 heteroatoms. The highest BCUT2D eigenvalue weighted by Gasteiger charge is 2.15. The van der Waals surface area contributed by atoms with Crippen LogP contribution in [-0.4, -0.2) is 17.4 Å². The Bertz CT molecular complexity index is 1360. The summed E-state index contributed by atoms with van der Waals surface area (Å²) in [5.41, 5.74) is 3.99. The third kappa shape index (κ3) is 6.71. The molecule has 0 aliphatic heterocycles. The molecule has 0 spiro atoms. The van der Waals surface area contributed by atoms with E-state index in [1.54, 1.807) is 30.3 Å². The van der Waals surface area contributed by atoms with Crippen LogP contribution in [0.15, 0.2) is 64.6 Å². The number of carbonyl (C=O) groups excluding carboxylic acids is 1. The largest absolute Gasteiger partial charge is 0.490 e. The number of hydrogen-bond acceptors (Lipinski definition) is 6. The standard InChI is InChI=1S/C27H24BrN3O5/c1-4-35-25-14-20(12-21(15-29)27(32)30-22-8-5-17(2)18(3)11-22)13-24(28)26(25)36-16-19-6-9-23(10-7-19)31(33)34/h5-14H,4,16H2,1-3H3,(H,30,32)/b21-12+. The Balaban J connectivity index is 1.82. The number of anilines is 1. The highest BCUT2D eigenvalue weighted by atomic mass is 79.9. The second-order valence-electron chi connectivity index (χ2n) is 7.90. The Morgan fingerprint density at radius 3 is 2.44 bits per heavy atom. The number of carbonyl (C=O) groups is 1. The molecule has 0 saturated heterocycles. The number of hydrogen-bond donors (Lipinski definition) is 1. The van der Waals surface area contributed by atoms with Crippen molar-refractivity contribution in [2.45, 2.75) is 27.4 Å². The summed E-state index contributed by atoms with van der Waals surface area (Å²) in [4.78, 5) is 23.1. The molecule has 0 unspecified atom stereocenters. The molecule has 0 bridgehead atoms. The molecule has 0 fully saturated rings. The number of nitro benzene ring substituents is 1. The summed E-state index contributed by atoms with van der Waals surface area (Å²) in [6.07, 6.45) is 1.48. The Kier molecular flexibility index (Phi) is 8.81. The molecule has 3 aromatic rings. The predicted octanol–water partition coefficient (Wildman–Crippen LogP) is 6.50. The van der Waals surface area contributed by atoms with Crippen molar-refractivity contribution in [3.05, 3.63) is 97.0 Å². The van der Waals surface area contributed by atoms with Gasteiger partial charge in [0, 0.05) is 17.8 Å². The number of rotatable bonds is 9. The highest BCUT2D eigenvalue weighted by molar-refractivity contribution is 9.10. The van der Waals surface area contributed by atoms with Crippen molar-refractivity contribution in [3.63, 3.8) is 0 Å². The average Bonchev–Trinajstić information content (AvgIpc) is 2.84. The Morgan fingerprint density at radius 1 is 1.11 bits per heavy atom. The van der Waals surface area contributed by atoms with Crippen LogP contribution in [0, 0.1) is 35.3 Å². The minimum Gasteiger partial charge on any atom is -0.490 e. The molecule has 0 radical (unpaired) electrons. The molecule has 3 aromatic carbocycles. The number of non-ortho nitro benzene ring substituents is 1. The van der Waals surface area contributed by atoms with Gasteiger partial charge >= 0.3 is 0 Å². The maximum absolute atomic E-state index is 12.7. The number of benzene rings is 3. The number of nitriles is 1. The molecule has 8 nitrogen and oxygen atoms in total. The molecule has 1 amide bonds. The lowest BCUT2D eigenvalue weighted by molar-refractivity contribution is -0.384. The first-order valence-electron chi connectivity index (χ1n) is 11.0. The van der Waals surface area contributed by atoms with Crippen LogP contribution < -0.4 is 14.8 Å². The van der Waals surface area contributed by atoms with Gasteiger partial charge < -0.3 is 14.8 Å². The fourth-order valence-electron chi connectivity index (χ4n) is 3.28. The number of nitro groups is 1. The maximum Gasteiger partial charge on any atom is 0.269 e. The first-order chi connectivity index (χ1) is 17.2. The lowest BCUT2D eigenvalue weighted by Gasteiger charge is -2.15. The van der Waals surface area contributed by atoms with E-state index in [9.17, 15) is 20.2 Å². The summed E-state index contributed by atoms with van der Waals surface area (Å²) in [5.74, 6) is 0.339. The van der Waals surface area contributed by atoms with Crippen molar-refractivity contribution in [2.75, 3.05) is 11.9 Å². The van der Waals surface area contributed by atoms with Gasteiger partial charge in [-0.25, -0.2) is 0 Å². The third-order valence-electron chi connectivity index (χ3n) is 5.30. The van der Waals surface area contributed by atoms with E-state index in [0.717, 1.165) is 16.7 Å². The number of ether oxygens (including phenoxy) is 2. The average molecular weight is 550 g/mol. The van der Waals surface area contributed by atoms with Crippen LogP contribution in [0.2, 0.25) is 0 Å². The summed E-state index contributed by atoms with van der Waals surface area (Å²) in [6, 6.07) is 17.0. The third-order valence-corrected chi connectivity index (χ3v) is 5.89. The molecule has 0 aliphatic carbocycles. The molecule has 0 heterocycles. The van der Waals surface area contributed by atoms with Gasteiger partial charge in [-0.15, -0.1) is 0 Å². The zero-order chi connectivity index (χ0) is 26.2. The fraction of sp³-hybridized carbons (Fsp3) is 0.185. The van der Waals surface area contributed by atoms with Crippen molar-refractivity contribution < 1.29 is 19.2 Å². The number of nitrogens with one attached hydrogen (secondary N) is 1. The van der Waals surface area contributed by atoms with Gasteiger partial charge in [-0.1, -0.05) is 6.07 Å². The SMILES string of the molecule is CCOc1cc(/C=C(\C#N)C(=O)Nc2ccc(C)c(C)c2)cc(Br)c1OCc1ccc([N+](=O)[O-])cc1. The normalized spacial score (nSPS) is 10.9. The van der Waals surface area contributed by atoms with E-state index in [0.29, 0.717) is 33.8 Å². The number of nitrogens with zero attached hydrogens (tertiary/aromatic N) is 2. The monoisotopic (exact) mass is 549 g/mol. The first kappa shape index (κ1) is 26.4. The first-order valence-corrected chi connectivity index (χ1v) is 11.8. The fourth-order valence-corrected chi connectivity index (χ4v) is 3.85. The predicted molar refractivity (Wildman–Crippen MR) is 141 cm³/mol. The second kappa shape index (κ2) is 12.0. The molecule has 36 heavy (non-hydrogen) atoms. The second-order valence-corrected chi connectivity index (χ2v) is 8.75. The molecule has 184 valence electrons. The number of amides is 1. The van der Waals surface area contributed by atoms with Gasteiger partial charge in [0.1, 0.15) is 18.2 Å². The Morgan fingerprint density at radius 2 is 1.83 bits per heavy atom. The molecular formula is C27H24BrN3O5. The van der Waals surface area contributed by atoms with Gasteiger partial charge in [0.25, 0.3) is 11.6 Å². The summed E-state index contributed by atoms with van der Waals surface area (Å²) in [7, 11) is 0. The quantitative estimate of drug-likeness (QED) is 0.141. The highest BCUT2D eigenvalue weighted by Crippen LogP contribution is 2.38.